The second-order valence-corrected chi connectivity index (χ2v) is 5.25. The molecule has 1 aliphatic rings. The van der Waals surface area contributed by atoms with E-state index in [-0.39, 0.29) is 11.9 Å². The van der Waals surface area contributed by atoms with Crippen LogP contribution in [0.4, 0.5) is 10.5 Å². The summed E-state index contributed by atoms with van der Waals surface area (Å²) < 4.78 is 0. The molecule has 1 saturated heterocycles. The Labute approximate surface area is 120 Å². The first-order valence-electron chi connectivity index (χ1n) is 7.28. The van der Waals surface area contributed by atoms with E-state index in [0.717, 1.165) is 43.5 Å². The monoisotopic (exact) mass is 271 g/mol. The molecule has 0 saturated carbocycles. The Morgan fingerprint density at radius 1 is 1.50 bits per heavy atom. The van der Waals surface area contributed by atoms with Crippen molar-refractivity contribution in [2.45, 2.75) is 32.6 Å². The van der Waals surface area contributed by atoms with Gasteiger partial charge in [0.25, 0.3) is 0 Å². The first-order chi connectivity index (χ1) is 9.74. The maximum atomic E-state index is 12.3. The van der Waals surface area contributed by atoms with E-state index in [1.54, 1.807) is 4.90 Å². The molecule has 20 heavy (non-hydrogen) atoms. The quantitative estimate of drug-likeness (QED) is 0.916. The number of piperidine rings is 1. The highest BCUT2D eigenvalue weighted by Crippen LogP contribution is 2.20. The van der Waals surface area contributed by atoms with Crippen LogP contribution >= 0.6 is 0 Å². The number of hydrogen-bond acceptors (Lipinski definition) is 2. The lowest BCUT2D eigenvalue weighted by Gasteiger charge is -2.29. The highest BCUT2D eigenvalue weighted by Gasteiger charge is 2.23. The number of benzene rings is 1. The van der Waals surface area contributed by atoms with Crippen LogP contribution in [0.1, 0.15) is 31.7 Å². The number of carbonyl (C=O) groups is 1. The highest BCUT2D eigenvalue weighted by molar-refractivity contribution is 5.90. The molecule has 0 radical (unpaired) electrons. The standard InChI is InChI=1S/C16H21N3O/c1-2-6-14-8-3-4-9-15(14)18-16(20)19-10-5-7-13(11-17)12-19/h3-4,8-9,13H,2,5-7,10,12H2,1H3,(H,18,20)/t13-/m1/s1. The molecule has 0 bridgehead atoms. The van der Waals surface area contributed by atoms with Gasteiger partial charge >= 0.3 is 6.03 Å². The maximum absolute atomic E-state index is 12.3. The summed E-state index contributed by atoms with van der Waals surface area (Å²) in [6, 6.07) is 10.1. The average Bonchev–Trinajstić information content (AvgIpc) is 2.49. The lowest BCUT2D eigenvalue weighted by molar-refractivity contribution is 0.189. The lowest BCUT2D eigenvalue weighted by Crippen LogP contribution is -2.42. The molecule has 106 valence electrons. The van der Waals surface area contributed by atoms with E-state index in [9.17, 15) is 4.79 Å². The van der Waals surface area contributed by atoms with E-state index in [1.165, 1.54) is 0 Å². The average molecular weight is 271 g/mol. The molecule has 2 rings (SSSR count). The van der Waals surface area contributed by atoms with Gasteiger partial charge in [-0.1, -0.05) is 31.5 Å². The zero-order valence-corrected chi connectivity index (χ0v) is 11.9. The third-order valence-electron chi connectivity index (χ3n) is 3.67. The van der Waals surface area contributed by atoms with Gasteiger partial charge in [0.05, 0.1) is 12.0 Å². The summed E-state index contributed by atoms with van der Waals surface area (Å²) in [6.45, 7) is 3.40. The van der Waals surface area contributed by atoms with Crippen molar-refractivity contribution in [1.82, 2.24) is 4.90 Å². The molecule has 1 N–H and O–H groups in total. The largest absolute Gasteiger partial charge is 0.323 e. The second kappa shape index (κ2) is 6.95. The van der Waals surface area contributed by atoms with E-state index < -0.39 is 0 Å². The van der Waals surface area contributed by atoms with Crippen LogP contribution in [0, 0.1) is 17.2 Å². The minimum Gasteiger partial charge on any atom is -0.323 e. The molecule has 4 nitrogen and oxygen atoms in total. The Balaban J connectivity index is 2.02. The molecule has 0 spiro atoms. The van der Waals surface area contributed by atoms with Gasteiger partial charge in [0.2, 0.25) is 0 Å². The van der Waals surface area contributed by atoms with Gasteiger partial charge < -0.3 is 10.2 Å². The summed E-state index contributed by atoms with van der Waals surface area (Å²) in [5.74, 6) is -0.0274. The van der Waals surface area contributed by atoms with E-state index in [4.69, 9.17) is 5.26 Å². The van der Waals surface area contributed by atoms with Crippen molar-refractivity contribution in [3.05, 3.63) is 29.8 Å². The van der Waals surface area contributed by atoms with Gasteiger partial charge in [-0.15, -0.1) is 0 Å². The van der Waals surface area contributed by atoms with Crippen LogP contribution in [-0.2, 0) is 6.42 Å². The van der Waals surface area contributed by atoms with Crippen molar-refractivity contribution < 1.29 is 4.79 Å². The van der Waals surface area contributed by atoms with Crippen molar-refractivity contribution in [2.24, 2.45) is 5.92 Å². The number of rotatable bonds is 3. The van der Waals surface area contributed by atoms with Gasteiger partial charge in [0.15, 0.2) is 0 Å². The molecule has 4 heteroatoms. The number of hydrogen-bond donors (Lipinski definition) is 1. The Kier molecular flexibility index (Phi) is 5.00. The van der Waals surface area contributed by atoms with Gasteiger partial charge in [0.1, 0.15) is 0 Å². The summed E-state index contributed by atoms with van der Waals surface area (Å²) in [6.07, 6.45) is 3.80. The van der Waals surface area contributed by atoms with Crippen LogP contribution in [0.3, 0.4) is 0 Å². The number of anilines is 1. The van der Waals surface area contributed by atoms with Crippen LogP contribution in [0.15, 0.2) is 24.3 Å². The van der Waals surface area contributed by atoms with Crippen LogP contribution in [-0.4, -0.2) is 24.0 Å². The molecule has 2 amide bonds. The first-order valence-corrected chi connectivity index (χ1v) is 7.28. The fourth-order valence-corrected chi connectivity index (χ4v) is 2.59. The third kappa shape index (κ3) is 3.51. The molecule has 1 aliphatic heterocycles. The van der Waals surface area contributed by atoms with Crippen LogP contribution < -0.4 is 5.32 Å². The molecule has 1 aromatic rings. The molecule has 1 fully saturated rings. The number of amides is 2. The first kappa shape index (κ1) is 14.4. The number of carbonyl (C=O) groups excluding carboxylic acids is 1. The predicted molar refractivity (Wildman–Crippen MR) is 79.4 cm³/mol. The summed E-state index contributed by atoms with van der Waals surface area (Å²) in [4.78, 5) is 14.0. The Morgan fingerprint density at radius 2 is 2.30 bits per heavy atom. The SMILES string of the molecule is CCCc1ccccc1NC(=O)N1CCC[C@H](C#N)C1. The minimum absolute atomic E-state index is 0.0274. The van der Waals surface area contributed by atoms with Gasteiger partial charge in [-0.25, -0.2) is 4.79 Å². The summed E-state index contributed by atoms with van der Waals surface area (Å²) in [5, 5.41) is 12.0. The smallest absolute Gasteiger partial charge is 0.321 e. The molecular weight excluding hydrogens is 250 g/mol. The van der Waals surface area contributed by atoms with Gasteiger partial charge in [-0.05, 0) is 30.9 Å². The Bertz CT molecular complexity index is 507. The highest BCUT2D eigenvalue weighted by atomic mass is 16.2. The van der Waals surface area contributed by atoms with E-state index in [0.29, 0.717) is 6.54 Å². The number of nitrogens with one attached hydrogen (secondary N) is 1. The topological polar surface area (TPSA) is 56.1 Å². The van der Waals surface area contributed by atoms with Crippen molar-refractivity contribution in [3.8, 4) is 6.07 Å². The van der Waals surface area contributed by atoms with Crippen molar-refractivity contribution in [1.29, 1.82) is 5.26 Å². The predicted octanol–water partition coefficient (Wildman–Crippen LogP) is 3.41. The van der Waals surface area contributed by atoms with Crippen molar-refractivity contribution >= 4 is 11.7 Å². The van der Waals surface area contributed by atoms with E-state index >= 15 is 0 Å². The lowest BCUT2D eigenvalue weighted by atomic mass is 10.0. The Morgan fingerprint density at radius 3 is 3.05 bits per heavy atom. The van der Waals surface area contributed by atoms with E-state index in [2.05, 4.69) is 18.3 Å². The molecule has 1 aromatic carbocycles. The maximum Gasteiger partial charge on any atom is 0.321 e. The number of likely N-dealkylation sites (tertiary alicyclic amines) is 1. The number of para-hydroxylation sites is 1. The fourth-order valence-electron chi connectivity index (χ4n) is 2.59. The summed E-state index contributed by atoms with van der Waals surface area (Å²) in [7, 11) is 0. The molecule has 1 heterocycles. The molecule has 0 aromatic heterocycles. The fraction of sp³-hybridized carbons (Fsp3) is 0.500. The van der Waals surface area contributed by atoms with Crippen LogP contribution in [0.2, 0.25) is 0 Å². The number of urea groups is 1. The zero-order valence-electron chi connectivity index (χ0n) is 11.9. The molecule has 0 aliphatic carbocycles. The normalized spacial score (nSPS) is 18.4. The molecular formula is C16H21N3O. The molecule has 1 atom stereocenters. The van der Waals surface area contributed by atoms with Crippen LogP contribution in [0.5, 0.6) is 0 Å². The van der Waals surface area contributed by atoms with Gasteiger partial charge in [-0.3, -0.25) is 0 Å². The van der Waals surface area contributed by atoms with Gasteiger partial charge in [0, 0.05) is 18.8 Å². The van der Waals surface area contributed by atoms with Crippen LogP contribution in [0.25, 0.3) is 0 Å². The Hall–Kier alpha value is -2.02. The zero-order chi connectivity index (χ0) is 14.4. The van der Waals surface area contributed by atoms with E-state index in [1.807, 2.05) is 24.3 Å². The molecule has 0 unspecified atom stereocenters. The van der Waals surface area contributed by atoms with Crippen molar-refractivity contribution in [2.75, 3.05) is 18.4 Å². The number of aryl methyl sites for hydroxylation is 1. The summed E-state index contributed by atoms with van der Waals surface area (Å²) >= 11 is 0. The number of nitrogens with zero attached hydrogens (tertiary/aromatic N) is 2. The number of nitriles is 1. The minimum atomic E-state index is -0.0893. The second-order valence-electron chi connectivity index (χ2n) is 5.25. The van der Waals surface area contributed by atoms with Crippen molar-refractivity contribution in [3.63, 3.8) is 0 Å². The third-order valence-corrected chi connectivity index (χ3v) is 3.67. The summed E-state index contributed by atoms with van der Waals surface area (Å²) in [5.41, 5.74) is 2.05. The van der Waals surface area contributed by atoms with Gasteiger partial charge in [-0.2, -0.15) is 5.26 Å².